The molecule has 0 amide bonds. The first-order valence-electron chi connectivity index (χ1n) is 13.7. The number of hydrogen-bond acceptors (Lipinski definition) is 4. The van der Waals surface area contributed by atoms with E-state index in [0.29, 0.717) is 0 Å². The SMILES string of the molecule is CCc1nc2c(C)cc(C)nc2n1Cc1ccc(C=CCN2CCN(C3CCCCC3)CC2)cc1.Cl.Cl. The summed E-state index contributed by atoms with van der Waals surface area (Å²) < 4.78 is 2.28. The van der Waals surface area contributed by atoms with Crippen LogP contribution in [0.5, 0.6) is 0 Å². The maximum Gasteiger partial charge on any atom is 0.160 e. The summed E-state index contributed by atoms with van der Waals surface area (Å²) in [5.41, 5.74) is 6.85. The number of piperazine rings is 1. The van der Waals surface area contributed by atoms with Gasteiger partial charge in [-0.15, -0.1) is 24.8 Å². The van der Waals surface area contributed by atoms with E-state index < -0.39 is 0 Å². The zero-order chi connectivity index (χ0) is 24.2. The van der Waals surface area contributed by atoms with Crippen LogP contribution in [0.2, 0.25) is 0 Å². The highest BCUT2D eigenvalue weighted by Gasteiger charge is 2.24. The number of benzene rings is 1. The first-order valence-corrected chi connectivity index (χ1v) is 13.7. The quantitative estimate of drug-likeness (QED) is 0.342. The molecule has 3 aromatic rings. The maximum absolute atomic E-state index is 4.88. The van der Waals surface area contributed by atoms with Gasteiger partial charge in [0.05, 0.1) is 6.54 Å². The van der Waals surface area contributed by atoms with Gasteiger partial charge in [0.25, 0.3) is 0 Å². The standard InChI is InChI=1S/C30H41N5.2ClH/c1-4-28-32-29-23(2)21-24(3)31-30(29)35(28)22-26-14-12-25(13-15-26)9-8-16-33-17-19-34(20-18-33)27-10-6-5-7-11-27;;/h8-9,12-15,21,27H,4-7,10-11,16-20,22H2,1-3H3;2*1H. The number of aromatic nitrogens is 3. The summed E-state index contributed by atoms with van der Waals surface area (Å²) in [5, 5.41) is 0. The first-order chi connectivity index (χ1) is 17.1. The highest BCUT2D eigenvalue weighted by atomic mass is 35.5. The Kier molecular flexibility index (Phi) is 11.0. The molecule has 202 valence electrons. The van der Waals surface area contributed by atoms with Crippen molar-refractivity contribution < 1.29 is 0 Å². The average molecular weight is 545 g/mol. The molecule has 2 fully saturated rings. The molecule has 2 aliphatic rings. The predicted octanol–water partition coefficient (Wildman–Crippen LogP) is 6.47. The van der Waals surface area contributed by atoms with Crippen molar-refractivity contribution in [3.8, 4) is 0 Å². The number of imidazole rings is 1. The number of halogens is 2. The number of aryl methyl sites for hydroxylation is 3. The van der Waals surface area contributed by atoms with Crippen molar-refractivity contribution in [1.82, 2.24) is 24.3 Å². The third-order valence-electron chi connectivity index (χ3n) is 7.91. The number of nitrogens with zero attached hydrogens (tertiary/aromatic N) is 5. The molecule has 1 saturated heterocycles. The molecule has 0 N–H and O–H groups in total. The minimum atomic E-state index is 0. The second-order valence-corrected chi connectivity index (χ2v) is 10.5. The van der Waals surface area contributed by atoms with Gasteiger partial charge in [-0.2, -0.15) is 0 Å². The van der Waals surface area contributed by atoms with Crippen LogP contribution in [0.25, 0.3) is 17.2 Å². The molecule has 0 unspecified atom stereocenters. The predicted molar refractivity (Wildman–Crippen MR) is 160 cm³/mol. The number of fused-ring (bicyclic) bond motifs is 1. The fourth-order valence-electron chi connectivity index (χ4n) is 5.90. The molecule has 0 bridgehead atoms. The molecule has 0 spiro atoms. The van der Waals surface area contributed by atoms with E-state index in [0.717, 1.165) is 48.2 Å². The van der Waals surface area contributed by atoms with E-state index in [-0.39, 0.29) is 24.8 Å². The lowest BCUT2D eigenvalue weighted by molar-refractivity contribution is 0.0847. The second-order valence-electron chi connectivity index (χ2n) is 10.5. The van der Waals surface area contributed by atoms with Crippen molar-refractivity contribution in [2.24, 2.45) is 0 Å². The second kappa shape index (κ2) is 13.7. The van der Waals surface area contributed by atoms with Gasteiger partial charge in [0.2, 0.25) is 0 Å². The van der Waals surface area contributed by atoms with Gasteiger partial charge in [0.15, 0.2) is 5.65 Å². The van der Waals surface area contributed by atoms with Crippen molar-refractivity contribution >= 4 is 42.1 Å². The van der Waals surface area contributed by atoms with Crippen molar-refractivity contribution in [3.63, 3.8) is 0 Å². The summed E-state index contributed by atoms with van der Waals surface area (Å²) in [7, 11) is 0. The fraction of sp³-hybridized carbons (Fsp3) is 0.533. The lowest BCUT2D eigenvalue weighted by Gasteiger charge is -2.40. The van der Waals surface area contributed by atoms with Gasteiger partial charge in [-0.3, -0.25) is 9.80 Å². The van der Waals surface area contributed by atoms with Gasteiger partial charge in [0.1, 0.15) is 11.3 Å². The Hall–Kier alpha value is -1.92. The van der Waals surface area contributed by atoms with Crippen LogP contribution in [0.1, 0.15) is 67.2 Å². The topological polar surface area (TPSA) is 37.2 Å². The van der Waals surface area contributed by atoms with Crippen LogP contribution < -0.4 is 0 Å². The van der Waals surface area contributed by atoms with Gasteiger partial charge in [-0.25, -0.2) is 9.97 Å². The summed E-state index contributed by atoms with van der Waals surface area (Å²) in [6.07, 6.45) is 12.7. The number of hydrogen-bond donors (Lipinski definition) is 0. The Morgan fingerprint density at radius 3 is 2.30 bits per heavy atom. The average Bonchev–Trinajstić information content (AvgIpc) is 3.23. The van der Waals surface area contributed by atoms with E-state index in [1.165, 1.54) is 75.0 Å². The molecule has 1 aromatic carbocycles. The Labute approximate surface area is 235 Å². The Balaban J connectivity index is 0.00000190. The molecule has 5 nitrogen and oxygen atoms in total. The molecule has 1 aliphatic heterocycles. The summed E-state index contributed by atoms with van der Waals surface area (Å²) in [6, 6.07) is 11.9. The Bertz CT molecular complexity index is 1160. The van der Waals surface area contributed by atoms with Crippen LogP contribution in [0.4, 0.5) is 0 Å². The number of pyridine rings is 1. The monoisotopic (exact) mass is 543 g/mol. The lowest BCUT2D eigenvalue weighted by atomic mass is 9.94. The third kappa shape index (κ3) is 7.14. The van der Waals surface area contributed by atoms with Crippen molar-refractivity contribution in [3.05, 3.63) is 64.6 Å². The molecule has 0 radical (unpaired) electrons. The highest BCUT2D eigenvalue weighted by Crippen LogP contribution is 2.24. The van der Waals surface area contributed by atoms with Crippen LogP contribution in [-0.2, 0) is 13.0 Å². The molecular weight excluding hydrogens is 501 g/mol. The summed E-state index contributed by atoms with van der Waals surface area (Å²) in [6.45, 7) is 13.1. The molecule has 2 aromatic heterocycles. The minimum absolute atomic E-state index is 0. The van der Waals surface area contributed by atoms with Gasteiger partial charge in [0, 0.05) is 50.9 Å². The minimum Gasteiger partial charge on any atom is -0.308 e. The Morgan fingerprint density at radius 1 is 0.919 bits per heavy atom. The molecule has 3 heterocycles. The highest BCUT2D eigenvalue weighted by molar-refractivity contribution is 5.85. The molecule has 5 rings (SSSR count). The van der Waals surface area contributed by atoms with Crippen molar-refractivity contribution in [1.29, 1.82) is 0 Å². The Morgan fingerprint density at radius 2 is 1.62 bits per heavy atom. The van der Waals surface area contributed by atoms with E-state index in [1.54, 1.807) is 0 Å². The summed E-state index contributed by atoms with van der Waals surface area (Å²) in [5.74, 6) is 1.11. The molecular formula is C30H43Cl2N5. The van der Waals surface area contributed by atoms with Crippen LogP contribution in [0.15, 0.2) is 36.4 Å². The molecule has 1 saturated carbocycles. The van der Waals surface area contributed by atoms with Gasteiger partial charge >= 0.3 is 0 Å². The molecule has 1 aliphatic carbocycles. The van der Waals surface area contributed by atoms with Crippen molar-refractivity contribution in [2.75, 3.05) is 32.7 Å². The van der Waals surface area contributed by atoms with Crippen LogP contribution in [0.3, 0.4) is 0 Å². The van der Waals surface area contributed by atoms with Crippen LogP contribution in [-0.4, -0.2) is 63.1 Å². The van der Waals surface area contributed by atoms with E-state index >= 15 is 0 Å². The van der Waals surface area contributed by atoms with E-state index in [1.807, 2.05) is 0 Å². The zero-order valence-electron chi connectivity index (χ0n) is 22.7. The van der Waals surface area contributed by atoms with Gasteiger partial charge in [-0.1, -0.05) is 62.6 Å². The normalized spacial score (nSPS) is 17.7. The molecule has 0 atom stereocenters. The number of rotatable bonds is 7. The van der Waals surface area contributed by atoms with E-state index in [2.05, 4.69) is 77.6 Å². The molecule has 7 heteroatoms. The first kappa shape index (κ1) is 29.6. The summed E-state index contributed by atoms with van der Waals surface area (Å²) in [4.78, 5) is 15.0. The third-order valence-corrected chi connectivity index (χ3v) is 7.91. The smallest absolute Gasteiger partial charge is 0.160 e. The zero-order valence-corrected chi connectivity index (χ0v) is 24.3. The summed E-state index contributed by atoms with van der Waals surface area (Å²) >= 11 is 0. The molecule has 37 heavy (non-hydrogen) atoms. The maximum atomic E-state index is 4.88. The van der Waals surface area contributed by atoms with E-state index in [4.69, 9.17) is 9.97 Å². The van der Waals surface area contributed by atoms with E-state index in [9.17, 15) is 0 Å². The lowest BCUT2D eigenvalue weighted by Crippen LogP contribution is -2.50. The van der Waals surface area contributed by atoms with Crippen LogP contribution >= 0.6 is 24.8 Å². The van der Waals surface area contributed by atoms with Gasteiger partial charge < -0.3 is 4.57 Å². The van der Waals surface area contributed by atoms with Gasteiger partial charge in [-0.05, 0) is 49.4 Å². The fourth-order valence-corrected chi connectivity index (χ4v) is 5.90. The van der Waals surface area contributed by atoms with Crippen LogP contribution in [0, 0.1) is 13.8 Å². The largest absolute Gasteiger partial charge is 0.308 e. The van der Waals surface area contributed by atoms with Crippen molar-refractivity contribution in [2.45, 2.75) is 71.9 Å².